The lowest BCUT2D eigenvalue weighted by atomic mass is 10.1. The van der Waals surface area contributed by atoms with Crippen molar-refractivity contribution in [2.45, 2.75) is 25.4 Å². The Labute approximate surface area is 134 Å². The second kappa shape index (κ2) is 6.75. The monoisotopic (exact) mass is 310 g/mol. The number of tetrazole rings is 1. The molecule has 0 aliphatic heterocycles. The second-order valence-electron chi connectivity index (χ2n) is 5.27. The number of hydrogen-bond donors (Lipinski definition) is 0. The van der Waals surface area contributed by atoms with E-state index in [0.717, 1.165) is 23.0 Å². The highest BCUT2D eigenvalue weighted by atomic mass is 32.2. The van der Waals surface area contributed by atoms with Gasteiger partial charge in [-0.2, -0.15) is 4.68 Å². The quantitative estimate of drug-likeness (QED) is 0.720. The number of para-hydroxylation sites is 1. The molecule has 0 bridgehead atoms. The molecule has 0 aliphatic carbocycles. The van der Waals surface area contributed by atoms with E-state index in [2.05, 4.69) is 47.6 Å². The lowest BCUT2D eigenvalue weighted by Crippen LogP contribution is -2.02. The molecule has 4 nitrogen and oxygen atoms in total. The van der Waals surface area contributed by atoms with Crippen molar-refractivity contribution in [2.75, 3.05) is 0 Å². The third-order valence-corrected chi connectivity index (χ3v) is 4.51. The van der Waals surface area contributed by atoms with Crippen LogP contribution in [0.2, 0.25) is 0 Å². The number of aryl methyl sites for hydroxylation is 2. The van der Waals surface area contributed by atoms with Crippen molar-refractivity contribution in [3.8, 4) is 5.69 Å². The molecule has 2 aromatic carbocycles. The smallest absolute Gasteiger partial charge is 0.166 e. The first kappa shape index (κ1) is 14.8. The molecule has 5 heteroatoms. The molecule has 1 aromatic heterocycles. The average Bonchev–Trinajstić information content (AvgIpc) is 3.00. The number of benzene rings is 2. The maximum atomic E-state index is 4.14. The Morgan fingerprint density at radius 1 is 1.00 bits per heavy atom. The normalized spacial score (nSPS) is 10.8. The number of hydrogen-bond acceptors (Lipinski definition) is 4. The Bertz CT molecular complexity index is 752. The van der Waals surface area contributed by atoms with Crippen LogP contribution >= 0.6 is 11.8 Å². The van der Waals surface area contributed by atoms with Gasteiger partial charge in [-0.15, -0.1) is 16.9 Å². The van der Waals surface area contributed by atoms with Crippen LogP contribution in [-0.4, -0.2) is 20.2 Å². The van der Waals surface area contributed by atoms with E-state index >= 15 is 0 Å². The third kappa shape index (κ3) is 3.36. The number of aromatic nitrogens is 4. The molecule has 0 spiro atoms. The van der Waals surface area contributed by atoms with Gasteiger partial charge in [-0.25, -0.2) is 0 Å². The van der Waals surface area contributed by atoms with Crippen molar-refractivity contribution in [1.82, 2.24) is 20.2 Å². The van der Waals surface area contributed by atoms with Crippen molar-refractivity contribution in [3.05, 3.63) is 71.0 Å². The molecule has 0 fully saturated rings. The summed E-state index contributed by atoms with van der Waals surface area (Å²) < 4.78 is 1.80. The van der Waals surface area contributed by atoms with Crippen LogP contribution < -0.4 is 0 Å². The fourth-order valence-electron chi connectivity index (χ4n) is 2.27. The fourth-order valence-corrected chi connectivity index (χ4v) is 3.27. The van der Waals surface area contributed by atoms with E-state index < -0.39 is 0 Å². The van der Waals surface area contributed by atoms with Crippen LogP contribution in [0.15, 0.2) is 48.5 Å². The van der Waals surface area contributed by atoms with Crippen molar-refractivity contribution < 1.29 is 0 Å². The van der Waals surface area contributed by atoms with E-state index in [4.69, 9.17) is 0 Å². The number of thioether (sulfide) groups is 1. The van der Waals surface area contributed by atoms with Crippen molar-refractivity contribution in [3.63, 3.8) is 0 Å². The summed E-state index contributed by atoms with van der Waals surface area (Å²) >= 11 is 1.83. The van der Waals surface area contributed by atoms with Gasteiger partial charge in [-0.3, -0.25) is 0 Å². The molecule has 0 amide bonds. The van der Waals surface area contributed by atoms with Crippen LogP contribution in [0.25, 0.3) is 5.69 Å². The van der Waals surface area contributed by atoms with E-state index in [0.29, 0.717) is 0 Å². The van der Waals surface area contributed by atoms with Gasteiger partial charge in [0.1, 0.15) is 0 Å². The van der Waals surface area contributed by atoms with Gasteiger partial charge in [-0.05, 0) is 47.5 Å². The van der Waals surface area contributed by atoms with Gasteiger partial charge < -0.3 is 0 Å². The first-order valence-electron chi connectivity index (χ1n) is 7.20. The molecular weight excluding hydrogens is 292 g/mol. The Balaban J connectivity index is 1.68. The summed E-state index contributed by atoms with van der Waals surface area (Å²) in [5, 5.41) is 12.0. The Morgan fingerprint density at radius 3 is 2.64 bits per heavy atom. The van der Waals surface area contributed by atoms with Gasteiger partial charge in [0.25, 0.3) is 0 Å². The molecule has 0 saturated carbocycles. The first-order chi connectivity index (χ1) is 10.7. The molecule has 0 unspecified atom stereocenters. The maximum absolute atomic E-state index is 4.14. The van der Waals surface area contributed by atoms with E-state index in [9.17, 15) is 0 Å². The molecule has 0 N–H and O–H groups in total. The van der Waals surface area contributed by atoms with Gasteiger partial charge in [0, 0.05) is 5.75 Å². The summed E-state index contributed by atoms with van der Waals surface area (Å²) in [6.45, 7) is 4.28. The molecule has 22 heavy (non-hydrogen) atoms. The van der Waals surface area contributed by atoms with Crippen LogP contribution in [0.4, 0.5) is 0 Å². The highest BCUT2D eigenvalue weighted by molar-refractivity contribution is 7.97. The van der Waals surface area contributed by atoms with Crippen molar-refractivity contribution in [1.29, 1.82) is 0 Å². The van der Waals surface area contributed by atoms with Gasteiger partial charge in [0.2, 0.25) is 0 Å². The van der Waals surface area contributed by atoms with Gasteiger partial charge >= 0.3 is 0 Å². The van der Waals surface area contributed by atoms with Gasteiger partial charge in [0.15, 0.2) is 5.82 Å². The van der Waals surface area contributed by atoms with Gasteiger partial charge in [-0.1, -0.05) is 42.0 Å². The summed E-state index contributed by atoms with van der Waals surface area (Å²) in [4.78, 5) is 0. The predicted molar refractivity (Wildman–Crippen MR) is 90.1 cm³/mol. The SMILES string of the molecule is Cc1ccc(C)c(CSCc2nnnn2-c2ccccc2)c1. The van der Waals surface area contributed by atoms with E-state index in [1.54, 1.807) is 4.68 Å². The zero-order valence-electron chi connectivity index (χ0n) is 12.7. The Kier molecular flexibility index (Phi) is 4.53. The highest BCUT2D eigenvalue weighted by Gasteiger charge is 2.08. The largest absolute Gasteiger partial charge is 0.196 e. The molecule has 112 valence electrons. The molecule has 3 aromatic rings. The molecular formula is C17H18N4S. The minimum atomic E-state index is 0.787. The zero-order valence-corrected chi connectivity index (χ0v) is 13.5. The molecule has 0 aliphatic rings. The molecule has 0 saturated heterocycles. The van der Waals surface area contributed by atoms with Crippen molar-refractivity contribution >= 4 is 11.8 Å². The molecule has 0 radical (unpaired) electrons. The summed E-state index contributed by atoms with van der Waals surface area (Å²) in [6.07, 6.45) is 0. The summed E-state index contributed by atoms with van der Waals surface area (Å²) in [5.41, 5.74) is 5.01. The second-order valence-corrected chi connectivity index (χ2v) is 6.25. The summed E-state index contributed by atoms with van der Waals surface area (Å²) in [5.74, 6) is 2.63. The molecule has 0 atom stereocenters. The van der Waals surface area contributed by atoms with E-state index in [-0.39, 0.29) is 0 Å². The van der Waals surface area contributed by atoms with Gasteiger partial charge in [0.05, 0.1) is 11.4 Å². The minimum absolute atomic E-state index is 0.787. The fraction of sp³-hybridized carbons (Fsp3) is 0.235. The average molecular weight is 310 g/mol. The number of rotatable bonds is 5. The van der Waals surface area contributed by atoms with E-state index in [1.165, 1.54) is 16.7 Å². The first-order valence-corrected chi connectivity index (χ1v) is 8.36. The standard InChI is InChI=1S/C17H18N4S/c1-13-8-9-14(2)15(10-13)11-22-12-17-18-19-20-21(17)16-6-4-3-5-7-16/h3-10H,11-12H2,1-2H3. The Morgan fingerprint density at radius 2 is 1.82 bits per heavy atom. The van der Waals surface area contributed by atoms with Crippen LogP contribution in [0.1, 0.15) is 22.5 Å². The summed E-state index contributed by atoms with van der Waals surface area (Å²) in [7, 11) is 0. The minimum Gasteiger partial charge on any atom is -0.196 e. The third-order valence-electron chi connectivity index (χ3n) is 3.53. The van der Waals surface area contributed by atoms with Crippen LogP contribution in [0.3, 0.4) is 0 Å². The highest BCUT2D eigenvalue weighted by Crippen LogP contribution is 2.21. The molecule has 3 rings (SSSR count). The topological polar surface area (TPSA) is 43.6 Å². The Hall–Kier alpha value is -2.14. The number of nitrogens with zero attached hydrogens (tertiary/aromatic N) is 4. The van der Waals surface area contributed by atoms with Crippen LogP contribution in [-0.2, 0) is 11.5 Å². The molecule has 1 heterocycles. The van der Waals surface area contributed by atoms with Crippen LogP contribution in [0.5, 0.6) is 0 Å². The lowest BCUT2D eigenvalue weighted by Gasteiger charge is -2.07. The predicted octanol–water partition coefficient (Wildman–Crippen LogP) is 3.71. The van der Waals surface area contributed by atoms with Crippen LogP contribution in [0, 0.1) is 13.8 Å². The van der Waals surface area contributed by atoms with E-state index in [1.807, 2.05) is 42.1 Å². The summed E-state index contributed by atoms with van der Waals surface area (Å²) in [6, 6.07) is 16.6. The maximum Gasteiger partial charge on any atom is 0.166 e. The zero-order chi connectivity index (χ0) is 15.4. The van der Waals surface area contributed by atoms with Crippen molar-refractivity contribution in [2.24, 2.45) is 0 Å². The lowest BCUT2D eigenvalue weighted by molar-refractivity contribution is 0.777.